The molecule has 144 valence electrons. The number of hydrogen-bond acceptors (Lipinski definition) is 4. The van der Waals surface area contributed by atoms with Gasteiger partial charge in [0, 0.05) is 18.8 Å². The summed E-state index contributed by atoms with van der Waals surface area (Å²) in [5.41, 5.74) is 0.687. The fourth-order valence-electron chi connectivity index (χ4n) is 1.90. The molecule has 0 spiro atoms. The van der Waals surface area contributed by atoms with E-state index in [-0.39, 0.29) is 27.2 Å². The SMILES string of the molecule is CC(=O)Nc1ccc(NC(=O)c2cnc(OCC(F)(F)F)c(Cl)c2)c(Cl)c1. The number of rotatable bonds is 5. The molecule has 0 fully saturated rings. The molecular weight excluding hydrogens is 410 g/mol. The van der Waals surface area contributed by atoms with Crippen LogP contribution in [0.4, 0.5) is 24.5 Å². The van der Waals surface area contributed by atoms with Gasteiger partial charge in [-0.1, -0.05) is 23.2 Å². The van der Waals surface area contributed by atoms with Gasteiger partial charge < -0.3 is 15.4 Å². The Morgan fingerprint density at radius 1 is 1.15 bits per heavy atom. The quantitative estimate of drug-likeness (QED) is 0.742. The molecule has 0 aliphatic carbocycles. The molecule has 0 aliphatic heterocycles. The summed E-state index contributed by atoms with van der Waals surface area (Å²) in [4.78, 5) is 26.9. The summed E-state index contributed by atoms with van der Waals surface area (Å²) in [7, 11) is 0. The maximum Gasteiger partial charge on any atom is 0.422 e. The average Bonchev–Trinajstić information content (AvgIpc) is 2.54. The lowest BCUT2D eigenvalue weighted by atomic mass is 10.2. The van der Waals surface area contributed by atoms with Crippen molar-refractivity contribution < 1.29 is 27.5 Å². The first-order chi connectivity index (χ1) is 12.5. The van der Waals surface area contributed by atoms with E-state index >= 15 is 0 Å². The Balaban J connectivity index is 2.10. The summed E-state index contributed by atoms with van der Waals surface area (Å²) in [6, 6.07) is 5.57. The normalized spacial score (nSPS) is 11.0. The van der Waals surface area contributed by atoms with Crippen LogP contribution in [0, 0.1) is 0 Å². The largest absolute Gasteiger partial charge is 0.467 e. The maximum atomic E-state index is 12.3. The molecule has 1 aromatic heterocycles. The number of carbonyl (C=O) groups is 2. The number of nitrogens with one attached hydrogen (secondary N) is 2. The van der Waals surface area contributed by atoms with Gasteiger partial charge in [0.25, 0.3) is 5.91 Å². The van der Waals surface area contributed by atoms with Gasteiger partial charge in [-0.25, -0.2) is 4.98 Å². The molecule has 2 rings (SSSR count). The molecule has 0 aliphatic rings. The Hall–Kier alpha value is -2.52. The summed E-state index contributed by atoms with van der Waals surface area (Å²) >= 11 is 11.9. The van der Waals surface area contributed by atoms with Crippen molar-refractivity contribution in [2.24, 2.45) is 0 Å². The zero-order chi connectivity index (χ0) is 20.2. The minimum Gasteiger partial charge on any atom is -0.467 e. The highest BCUT2D eigenvalue weighted by atomic mass is 35.5. The second kappa shape index (κ2) is 8.45. The number of pyridine rings is 1. The number of amides is 2. The van der Waals surface area contributed by atoms with Crippen molar-refractivity contribution in [2.45, 2.75) is 13.1 Å². The first-order valence-corrected chi connectivity index (χ1v) is 8.04. The number of nitrogens with zero attached hydrogens (tertiary/aromatic N) is 1. The molecule has 0 atom stereocenters. The van der Waals surface area contributed by atoms with Crippen molar-refractivity contribution in [3.05, 3.63) is 46.1 Å². The third kappa shape index (κ3) is 6.30. The highest BCUT2D eigenvalue weighted by molar-refractivity contribution is 6.34. The van der Waals surface area contributed by atoms with Crippen molar-refractivity contribution in [3.8, 4) is 5.88 Å². The molecule has 2 amide bonds. The second-order valence-corrected chi connectivity index (χ2v) is 6.06. The van der Waals surface area contributed by atoms with Crippen LogP contribution in [0.15, 0.2) is 30.5 Å². The number of hydrogen-bond donors (Lipinski definition) is 2. The molecule has 1 aromatic carbocycles. The van der Waals surface area contributed by atoms with Gasteiger partial charge in [-0.05, 0) is 24.3 Å². The Kier molecular flexibility index (Phi) is 6.50. The van der Waals surface area contributed by atoms with E-state index in [2.05, 4.69) is 20.4 Å². The Labute approximate surface area is 161 Å². The predicted molar refractivity (Wildman–Crippen MR) is 94.5 cm³/mol. The van der Waals surface area contributed by atoms with Crippen LogP contribution in [0.25, 0.3) is 0 Å². The molecule has 27 heavy (non-hydrogen) atoms. The molecule has 11 heteroatoms. The number of ether oxygens (including phenoxy) is 1. The predicted octanol–water partition coefficient (Wildman–Crippen LogP) is 4.54. The average molecular weight is 422 g/mol. The fraction of sp³-hybridized carbons (Fsp3) is 0.188. The molecular formula is C16H12Cl2F3N3O3. The van der Waals surface area contributed by atoms with Crippen molar-refractivity contribution in [1.29, 1.82) is 0 Å². The third-order valence-electron chi connectivity index (χ3n) is 2.98. The van der Waals surface area contributed by atoms with E-state index in [9.17, 15) is 22.8 Å². The Morgan fingerprint density at radius 2 is 1.85 bits per heavy atom. The molecule has 0 bridgehead atoms. The van der Waals surface area contributed by atoms with Gasteiger partial charge in [-0.2, -0.15) is 13.2 Å². The van der Waals surface area contributed by atoms with E-state index < -0.39 is 24.6 Å². The van der Waals surface area contributed by atoms with E-state index in [1.165, 1.54) is 25.1 Å². The zero-order valence-electron chi connectivity index (χ0n) is 13.7. The number of alkyl halides is 3. The van der Waals surface area contributed by atoms with Gasteiger partial charge in [0.15, 0.2) is 6.61 Å². The molecule has 2 N–H and O–H groups in total. The molecule has 0 radical (unpaired) electrons. The van der Waals surface area contributed by atoms with Gasteiger partial charge in [-0.3, -0.25) is 9.59 Å². The minimum absolute atomic E-state index is 0.0126. The lowest BCUT2D eigenvalue weighted by molar-refractivity contribution is -0.154. The van der Waals surface area contributed by atoms with Gasteiger partial charge in [-0.15, -0.1) is 0 Å². The number of halogens is 5. The minimum atomic E-state index is -4.54. The van der Waals surface area contributed by atoms with E-state index in [0.717, 1.165) is 12.3 Å². The number of carbonyl (C=O) groups excluding carboxylic acids is 2. The van der Waals surface area contributed by atoms with E-state index in [1.54, 1.807) is 0 Å². The first-order valence-electron chi connectivity index (χ1n) is 7.29. The lowest BCUT2D eigenvalue weighted by Crippen LogP contribution is -2.20. The summed E-state index contributed by atoms with van der Waals surface area (Å²) in [6.07, 6.45) is -3.52. The molecule has 2 aromatic rings. The molecule has 6 nitrogen and oxygen atoms in total. The van der Waals surface area contributed by atoms with Crippen molar-refractivity contribution in [2.75, 3.05) is 17.2 Å². The van der Waals surface area contributed by atoms with Crippen molar-refractivity contribution >= 4 is 46.4 Å². The smallest absolute Gasteiger partial charge is 0.422 e. The van der Waals surface area contributed by atoms with E-state index in [0.29, 0.717) is 5.69 Å². The zero-order valence-corrected chi connectivity index (χ0v) is 15.2. The Bertz CT molecular complexity index is 876. The van der Waals surface area contributed by atoms with Crippen LogP contribution in [0.1, 0.15) is 17.3 Å². The van der Waals surface area contributed by atoms with E-state index in [4.69, 9.17) is 23.2 Å². The van der Waals surface area contributed by atoms with Gasteiger partial charge in [0.1, 0.15) is 5.02 Å². The second-order valence-electron chi connectivity index (χ2n) is 5.24. The van der Waals surface area contributed by atoms with Crippen LogP contribution in [0.5, 0.6) is 5.88 Å². The van der Waals surface area contributed by atoms with Crippen molar-refractivity contribution in [1.82, 2.24) is 4.98 Å². The lowest BCUT2D eigenvalue weighted by Gasteiger charge is -2.11. The summed E-state index contributed by atoms with van der Waals surface area (Å²) in [5, 5.41) is 4.96. The topological polar surface area (TPSA) is 80.3 Å². The number of anilines is 2. The molecule has 0 saturated heterocycles. The highest BCUT2D eigenvalue weighted by Crippen LogP contribution is 2.28. The van der Waals surface area contributed by atoms with Gasteiger partial charge in [0.2, 0.25) is 11.8 Å². The van der Waals surface area contributed by atoms with Crippen LogP contribution >= 0.6 is 23.2 Å². The Morgan fingerprint density at radius 3 is 2.41 bits per heavy atom. The molecule has 1 heterocycles. The monoisotopic (exact) mass is 421 g/mol. The summed E-state index contributed by atoms with van der Waals surface area (Å²) in [6.45, 7) is -0.218. The number of benzene rings is 1. The standard InChI is InChI=1S/C16H12Cl2F3N3O3/c1-8(25)23-10-2-3-13(11(17)5-10)24-14(26)9-4-12(18)15(22-6-9)27-7-16(19,20)21/h2-6H,7H2,1H3,(H,23,25)(H,24,26). The van der Waals surface area contributed by atoms with Crippen LogP contribution in [0.3, 0.4) is 0 Å². The van der Waals surface area contributed by atoms with Crippen LogP contribution in [0.2, 0.25) is 10.0 Å². The van der Waals surface area contributed by atoms with Gasteiger partial charge >= 0.3 is 6.18 Å². The third-order valence-corrected chi connectivity index (χ3v) is 3.56. The van der Waals surface area contributed by atoms with E-state index in [1.807, 2.05) is 0 Å². The highest BCUT2D eigenvalue weighted by Gasteiger charge is 2.29. The summed E-state index contributed by atoms with van der Waals surface area (Å²) in [5.74, 6) is -1.36. The summed E-state index contributed by atoms with van der Waals surface area (Å²) < 4.78 is 41.0. The van der Waals surface area contributed by atoms with Crippen LogP contribution in [-0.2, 0) is 4.79 Å². The van der Waals surface area contributed by atoms with Crippen molar-refractivity contribution in [3.63, 3.8) is 0 Å². The van der Waals surface area contributed by atoms with Crippen LogP contribution in [-0.4, -0.2) is 29.6 Å². The first kappa shape index (κ1) is 20.8. The maximum absolute atomic E-state index is 12.3. The molecule has 0 saturated carbocycles. The fourth-order valence-corrected chi connectivity index (χ4v) is 2.35. The van der Waals surface area contributed by atoms with Gasteiger partial charge in [0.05, 0.1) is 16.3 Å². The molecule has 0 unspecified atom stereocenters. The number of aromatic nitrogens is 1. The van der Waals surface area contributed by atoms with Crippen LogP contribution < -0.4 is 15.4 Å².